The Morgan fingerprint density at radius 2 is 1.77 bits per heavy atom. The largest absolute Gasteiger partial charge is 0.484 e. The quantitative estimate of drug-likeness (QED) is 0.597. The van der Waals surface area contributed by atoms with E-state index in [4.69, 9.17) is 15.2 Å². The van der Waals surface area contributed by atoms with Gasteiger partial charge in [0.25, 0.3) is 5.91 Å². The lowest BCUT2D eigenvalue weighted by Crippen LogP contribution is -2.43. The molecule has 1 unspecified atom stereocenters. The first-order valence-corrected chi connectivity index (χ1v) is 9.95. The molecule has 1 atom stereocenters. The van der Waals surface area contributed by atoms with Gasteiger partial charge in [0.15, 0.2) is 12.6 Å². The summed E-state index contributed by atoms with van der Waals surface area (Å²) in [7, 11) is 1.28. The van der Waals surface area contributed by atoms with Gasteiger partial charge in [0.1, 0.15) is 5.75 Å². The average molecular weight is 428 g/mol. The molecule has 0 spiro atoms. The summed E-state index contributed by atoms with van der Waals surface area (Å²) in [5.74, 6) is -0.244. The molecule has 31 heavy (non-hydrogen) atoms. The van der Waals surface area contributed by atoms with Gasteiger partial charge in [-0.25, -0.2) is 9.59 Å². The van der Waals surface area contributed by atoms with Crippen molar-refractivity contribution in [2.24, 2.45) is 11.7 Å². The predicted molar refractivity (Wildman–Crippen MR) is 118 cm³/mol. The van der Waals surface area contributed by atoms with E-state index in [2.05, 4.69) is 5.32 Å². The van der Waals surface area contributed by atoms with Crippen LogP contribution in [0.3, 0.4) is 0 Å². The van der Waals surface area contributed by atoms with Crippen molar-refractivity contribution in [3.63, 3.8) is 0 Å². The highest BCUT2D eigenvalue weighted by Gasteiger charge is 2.33. The minimum absolute atomic E-state index is 0.102. The van der Waals surface area contributed by atoms with Gasteiger partial charge in [-0.3, -0.25) is 4.79 Å². The molecule has 8 heteroatoms. The highest BCUT2D eigenvalue weighted by molar-refractivity contribution is 5.89. The van der Waals surface area contributed by atoms with Crippen molar-refractivity contribution in [1.29, 1.82) is 0 Å². The Morgan fingerprint density at radius 1 is 1.10 bits per heavy atom. The van der Waals surface area contributed by atoms with Gasteiger partial charge >= 0.3 is 12.0 Å². The number of carbonyl (C=O) groups is 3. The summed E-state index contributed by atoms with van der Waals surface area (Å²) in [5, 5.41) is 2.53. The molecule has 0 aromatic heterocycles. The monoisotopic (exact) mass is 427 g/mol. The molecule has 166 valence electrons. The Morgan fingerprint density at radius 3 is 2.32 bits per heavy atom. The fourth-order valence-corrected chi connectivity index (χ4v) is 3.17. The Balaban J connectivity index is 2.35. The van der Waals surface area contributed by atoms with E-state index >= 15 is 0 Å². The SMILES string of the molecule is COC(=O)C(c1ccc(NC(N)=O)c(C)c1)N(CC(C)C)C(=O)COc1ccccc1. The number of ether oxygens (including phenoxy) is 2. The zero-order chi connectivity index (χ0) is 23.0. The third-order valence-corrected chi connectivity index (χ3v) is 4.55. The lowest BCUT2D eigenvalue weighted by atomic mass is 10.00. The average Bonchev–Trinajstić information content (AvgIpc) is 2.73. The molecule has 0 aliphatic heterocycles. The van der Waals surface area contributed by atoms with Crippen LogP contribution in [-0.2, 0) is 14.3 Å². The fraction of sp³-hybridized carbons (Fsp3) is 0.348. The molecule has 2 aromatic carbocycles. The minimum Gasteiger partial charge on any atom is -0.484 e. The number of hydrogen-bond acceptors (Lipinski definition) is 5. The molecular weight excluding hydrogens is 398 g/mol. The molecule has 0 fully saturated rings. The Bertz CT molecular complexity index is 915. The number of urea groups is 1. The number of hydrogen-bond donors (Lipinski definition) is 2. The lowest BCUT2D eigenvalue weighted by molar-refractivity contribution is -0.154. The van der Waals surface area contributed by atoms with Crippen LogP contribution in [0.25, 0.3) is 0 Å². The van der Waals surface area contributed by atoms with Crippen LogP contribution in [0.15, 0.2) is 48.5 Å². The minimum atomic E-state index is -0.958. The number of esters is 1. The fourth-order valence-electron chi connectivity index (χ4n) is 3.17. The number of nitrogens with one attached hydrogen (secondary N) is 1. The molecule has 8 nitrogen and oxygen atoms in total. The van der Waals surface area contributed by atoms with Crippen LogP contribution >= 0.6 is 0 Å². The Hall–Kier alpha value is -3.55. The van der Waals surface area contributed by atoms with Gasteiger partial charge in [0, 0.05) is 12.2 Å². The van der Waals surface area contributed by atoms with Crippen molar-refractivity contribution < 1.29 is 23.9 Å². The second-order valence-electron chi connectivity index (χ2n) is 7.53. The van der Waals surface area contributed by atoms with Gasteiger partial charge in [-0.2, -0.15) is 0 Å². The molecule has 3 N–H and O–H groups in total. The van der Waals surface area contributed by atoms with E-state index in [0.717, 1.165) is 0 Å². The number of aryl methyl sites for hydroxylation is 1. The second kappa shape index (κ2) is 11.0. The van der Waals surface area contributed by atoms with Crippen LogP contribution in [0.5, 0.6) is 5.75 Å². The zero-order valence-corrected chi connectivity index (χ0v) is 18.3. The third kappa shape index (κ3) is 6.74. The number of methoxy groups -OCH3 is 1. The highest BCUT2D eigenvalue weighted by Crippen LogP contribution is 2.28. The summed E-state index contributed by atoms with van der Waals surface area (Å²) in [5.41, 5.74) is 6.98. The van der Waals surface area contributed by atoms with Gasteiger partial charge in [0.05, 0.1) is 7.11 Å². The van der Waals surface area contributed by atoms with Crippen LogP contribution in [0.4, 0.5) is 10.5 Å². The number of nitrogens with zero attached hydrogens (tertiary/aromatic N) is 1. The van der Waals surface area contributed by atoms with Crippen molar-refractivity contribution in [3.05, 3.63) is 59.7 Å². The molecule has 0 bridgehead atoms. The van der Waals surface area contributed by atoms with Crippen molar-refractivity contribution in [3.8, 4) is 5.75 Å². The predicted octanol–water partition coefficient (Wildman–Crippen LogP) is 3.26. The van der Waals surface area contributed by atoms with E-state index in [9.17, 15) is 14.4 Å². The number of nitrogens with two attached hydrogens (primary N) is 1. The summed E-state index contributed by atoms with van der Waals surface area (Å²) in [6.07, 6.45) is 0. The summed E-state index contributed by atoms with van der Waals surface area (Å²) >= 11 is 0. The maximum absolute atomic E-state index is 13.1. The topological polar surface area (TPSA) is 111 Å². The summed E-state index contributed by atoms with van der Waals surface area (Å²) in [4.78, 5) is 38.5. The van der Waals surface area contributed by atoms with Gasteiger partial charge in [-0.15, -0.1) is 0 Å². The number of benzene rings is 2. The molecule has 0 aliphatic rings. The number of anilines is 1. The maximum atomic E-state index is 13.1. The van der Waals surface area contributed by atoms with Crippen molar-refractivity contribution >= 4 is 23.6 Å². The highest BCUT2D eigenvalue weighted by atomic mass is 16.5. The lowest BCUT2D eigenvalue weighted by Gasteiger charge is -2.32. The second-order valence-corrected chi connectivity index (χ2v) is 7.53. The van der Waals surface area contributed by atoms with Crippen molar-refractivity contribution in [2.75, 3.05) is 25.6 Å². The van der Waals surface area contributed by atoms with E-state index in [0.29, 0.717) is 29.1 Å². The molecule has 0 saturated carbocycles. The van der Waals surface area contributed by atoms with Crippen LogP contribution in [-0.4, -0.2) is 43.1 Å². The van der Waals surface area contributed by atoms with Crippen LogP contribution < -0.4 is 15.8 Å². The standard InChI is InChI=1S/C23H29N3O5/c1-15(2)13-26(20(27)14-31-18-8-6-5-7-9-18)21(22(28)30-4)17-10-11-19(16(3)12-17)25-23(24)29/h5-12,15,21H,13-14H2,1-4H3,(H3,24,25,29). The van der Waals surface area contributed by atoms with E-state index in [1.165, 1.54) is 12.0 Å². The number of amides is 3. The first-order valence-electron chi connectivity index (χ1n) is 9.95. The number of carbonyl (C=O) groups excluding carboxylic acids is 3. The summed E-state index contributed by atoms with van der Waals surface area (Å²) in [6, 6.07) is 12.4. The number of para-hydroxylation sites is 1. The molecule has 0 radical (unpaired) electrons. The van der Waals surface area contributed by atoms with Crippen LogP contribution in [0.1, 0.15) is 31.0 Å². The van der Waals surface area contributed by atoms with E-state index in [-0.39, 0.29) is 18.4 Å². The zero-order valence-electron chi connectivity index (χ0n) is 18.3. The first kappa shape index (κ1) is 23.7. The molecule has 0 saturated heterocycles. The van der Waals surface area contributed by atoms with Crippen LogP contribution in [0, 0.1) is 12.8 Å². The first-order chi connectivity index (χ1) is 14.7. The van der Waals surface area contributed by atoms with Gasteiger partial charge in [-0.05, 0) is 42.2 Å². The van der Waals surface area contributed by atoms with E-state index < -0.39 is 18.0 Å². The van der Waals surface area contributed by atoms with Crippen molar-refractivity contribution in [2.45, 2.75) is 26.8 Å². The molecule has 2 rings (SSSR count). The molecule has 0 aliphatic carbocycles. The van der Waals surface area contributed by atoms with Crippen molar-refractivity contribution in [1.82, 2.24) is 4.90 Å². The number of rotatable bonds is 9. The molecular formula is C23H29N3O5. The summed E-state index contributed by atoms with van der Waals surface area (Å²) < 4.78 is 10.6. The third-order valence-electron chi connectivity index (χ3n) is 4.55. The smallest absolute Gasteiger partial charge is 0.333 e. The van der Waals surface area contributed by atoms with Gasteiger partial charge in [0.2, 0.25) is 0 Å². The Kier molecular flexibility index (Phi) is 8.43. The molecule has 0 heterocycles. The van der Waals surface area contributed by atoms with Gasteiger partial charge in [-0.1, -0.05) is 44.2 Å². The van der Waals surface area contributed by atoms with Crippen LogP contribution in [0.2, 0.25) is 0 Å². The van der Waals surface area contributed by atoms with E-state index in [1.54, 1.807) is 37.3 Å². The number of primary amides is 1. The summed E-state index contributed by atoms with van der Waals surface area (Å²) in [6.45, 7) is 5.80. The van der Waals surface area contributed by atoms with Gasteiger partial charge < -0.3 is 25.4 Å². The maximum Gasteiger partial charge on any atom is 0.333 e. The van der Waals surface area contributed by atoms with E-state index in [1.807, 2.05) is 32.0 Å². The Labute approximate surface area is 182 Å². The normalized spacial score (nSPS) is 11.5. The molecule has 3 amide bonds. The molecule has 2 aromatic rings.